The van der Waals surface area contributed by atoms with Crippen LogP contribution < -0.4 is 4.74 Å². The van der Waals surface area contributed by atoms with Gasteiger partial charge in [0.2, 0.25) is 0 Å². The monoisotopic (exact) mass is 238 g/mol. The predicted octanol–water partition coefficient (Wildman–Crippen LogP) is 2.83. The molecule has 0 spiro atoms. The van der Waals surface area contributed by atoms with Gasteiger partial charge in [0, 0.05) is 5.57 Å². The van der Waals surface area contributed by atoms with Gasteiger partial charge >= 0.3 is 5.97 Å². The van der Waals surface area contributed by atoms with Crippen LogP contribution in [-0.2, 0) is 4.79 Å². The predicted molar refractivity (Wildman–Crippen MR) is 66.3 cm³/mol. The Bertz CT molecular complexity index is 359. The Labute approximate surface area is 101 Å². The number of benzene rings is 1. The zero-order valence-electron chi connectivity index (χ0n) is 10.1. The minimum atomic E-state index is -0.935. The summed E-state index contributed by atoms with van der Waals surface area (Å²) in [6, 6.07) is 6.98. The zero-order valence-corrected chi connectivity index (χ0v) is 10.1. The van der Waals surface area contributed by atoms with Gasteiger partial charge in [-0.1, -0.05) is 25.6 Å². The van der Waals surface area contributed by atoms with Crippen LogP contribution in [0.25, 0.3) is 0 Å². The second kappa shape index (κ2) is 8.21. The molecule has 0 fully saturated rings. The molecule has 17 heavy (non-hydrogen) atoms. The van der Waals surface area contributed by atoms with Crippen LogP contribution in [0.5, 0.6) is 11.5 Å². The quantitative estimate of drug-likeness (QED) is 0.791. The summed E-state index contributed by atoms with van der Waals surface area (Å²) in [6.45, 7) is 7.28. The molecule has 0 bridgehead atoms. The van der Waals surface area contributed by atoms with E-state index in [1.165, 1.54) is 6.92 Å². The van der Waals surface area contributed by atoms with E-state index in [0.717, 1.165) is 6.42 Å². The maximum Gasteiger partial charge on any atom is 0.330 e. The summed E-state index contributed by atoms with van der Waals surface area (Å²) in [6.07, 6.45) is 0.953. The van der Waals surface area contributed by atoms with Gasteiger partial charge in [-0.3, -0.25) is 0 Å². The first kappa shape index (κ1) is 15.0. The Kier molecular flexibility index (Phi) is 7.26. The molecule has 0 atom stereocenters. The van der Waals surface area contributed by atoms with E-state index in [-0.39, 0.29) is 11.3 Å². The summed E-state index contributed by atoms with van der Waals surface area (Å²) < 4.78 is 5.24. The molecule has 0 saturated heterocycles. The molecule has 0 aliphatic rings. The van der Waals surface area contributed by atoms with Crippen molar-refractivity contribution in [2.45, 2.75) is 20.3 Å². The van der Waals surface area contributed by atoms with Crippen LogP contribution in [-0.4, -0.2) is 22.8 Å². The first-order chi connectivity index (χ1) is 7.99. The fourth-order valence-electron chi connectivity index (χ4n) is 0.791. The lowest BCUT2D eigenvalue weighted by molar-refractivity contribution is -0.132. The first-order valence-electron chi connectivity index (χ1n) is 5.28. The molecule has 0 heterocycles. The van der Waals surface area contributed by atoms with Gasteiger partial charge in [-0.05, 0) is 25.5 Å². The van der Waals surface area contributed by atoms with Crippen molar-refractivity contribution in [3.63, 3.8) is 0 Å². The average molecular weight is 238 g/mol. The molecule has 1 rings (SSSR count). The molecule has 2 N–H and O–H groups in total. The van der Waals surface area contributed by atoms with Gasteiger partial charge in [-0.25, -0.2) is 4.79 Å². The second-order valence-electron chi connectivity index (χ2n) is 3.40. The van der Waals surface area contributed by atoms with E-state index in [1.54, 1.807) is 18.2 Å². The summed E-state index contributed by atoms with van der Waals surface area (Å²) in [4.78, 5) is 9.60. The summed E-state index contributed by atoms with van der Waals surface area (Å²) in [5, 5.41) is 17.1. The molecular formula is C13H18O4. The molecule has 0 aromatic heterocycles. The summed E-state index contributed by atoms with van der Waals surface area (Å²) in [5.74, 6) is -0.162. The van der Waals surface area contributed by atoms with Crippen LogP contribution in [0, 0.1) is 0 Å². The number of carbonyl (C=O) groups is 1. The van der Waals surface area contributed by atoms with E-state index in [1.807, 2.05) is 13.0 Å². The second-order valence-corrected chi connectivity index (χ2v) is 3.40. The van der Waals surface area contributed by atoms with Crippen LogP contribution in [0.4, 0.5) is 0 Å². The third-order valence-electron chi connectivity index (χ3n) is 1.69. The van der Waals surface area contributed by atoms with Gasteiger partial charge in [0.1, 0.15) is 0 Å². The minimum absolute atomic E-state index is 0.176. The molecule has 94 valence electrons. The number of carboxylic acids is 1. The smallest absolute Gasteiger partial charge is 0.330 e. The maximum absolute atomic E-state index is 9.60. The summed E-state index contributed by atoms with van der Waals surface area (Å²) in [5.41, 5.74) is 0.176. The zero-order chi connectivity index (χ0) is 13.3. The number of hydrogen-bond acceptors (Lipinski definition) is 3. The lowest BCUT2D eigenvalue weighted by atomic mass is 10.3. The number of phenolic OH excluding ortho intramolecular Hbond substituents is 1. The van der Waals surface area contributed by atoms with Gasteiger partial charge in [0.25, 0.3) is 0 Å². The Morgan fingerprint density at radius 1 is 1.41 bits per heavy atom. The Morgan fingerprint density at radius 3 is 2.35 bits per heavy atom. The fourth-order valence-corrected chi connectivity index (χ4v) is 0.791. The molecule has 4 heteroatoms. The largest absolute Gasteiger partial charge is 0.504 e. The van der Waals surface area contributed by atoms with Crippen molar-refractivity contribution in [2.24, 2.45) is 0 Å². The first-order valence-corrected chi connectivity index (χ1v) is 5.28. The van der Waals surface area contributed by atoms with Gasteiger partial charge in [-0.15, -0.1) is 0 Å². The SMILES string of the molecule is C=C(C)C(=O)O.CCCOc1ccccc1O. The molecule has 0 amide bonds. The van der Waals surface area contributed by atoms with Crippen molar-refractivity contribution in [2.75, 3.05) is 6.61 Å². The normalized spacial score (nSPS) is 8.82. The standard InChI is InChI=1S/C9H12O2.C4H6O2/c1-2-7-11-9-6-4-3-5-8(9)10;1-3(2)4(5)6/h3-6,10H,2,7H2,1H3;1H2,2H3,(H,5,6). The highest BCUT2D eigenvalue weighted by atomic mass is 16.5. The van der Waals surface area contributed by atoms with Crippen molar-refractivity contribution in [3.05, 3.63) is 36.4 Å². The molecule has 0 saturated carbocycles. The third-order valence-corrected chi connectivity index (χ3v) is 1.69. The maximum atomic E-state index is 9.60. The van der Waals surface area contributed by atoms with E-state index in [9.17, 15) is 9.90 Å². The molecule has 0 radical (unpaired) electrons. The van der Waals surface area contributed by atoms with Crippen molar-refractivity contribution < 1.29 is 19.7 Å². The molecule has 4 nitrogen and oxygen atoms in total. The fraction of sp³-hybridized carbons (Fsp3) is 0.308. The topological polar surface area (TPSA) is 66.8 Å². The van der Waals surface area contributed by atoms with Gasteiger partial charge < -0.3 is 14.9 Å². The number of rotatable bonds is 4. The van der Waals surface area contributed by atoms with Gasteiger partial charge in [0.05, 0.1) is 6.61 Å². The van der Waals surface area contributed by atoms with Gasteiger partial charge in [-0.2, -0.15) is 0 Å². The van der Waals surface area contributed by atoms with Crippen LogP contribution in [0.15, 0.2) is 36.4 Å². The van der Waals surface area contributed by atoms with E-state index in [0.29, 0.717) is 12.4 Å². The molecule has 1 aromatic carbocycles. The lowest BCUT2D eigenvalue weighted by Gasteiger charge is -2.04. The number of hydrogen-bond donors (Lipinski definition) is 2. The third kappa shape index (κ3) is 7.00. The summed E-state index contributed by atoms with van der Waals surface area (Å²) >= 11 is 0. The Balaban J connectivity index is 0.000000366. The van der Waals surface area contributed by atoms with Crippen molar-refractivity contribution in [3.8, 4) is 11.5 Å². The molecule has 1 aromatic rings. The van der Waals surface area contributed by atoms with E-state index in [2.05, 4.69) is 6.58 Å². The van der Waals surface area contributed by atoms with Crippen LogP contribution in [0.3, 0.4) is 0 Å². The highest BCUT2D eigenvalue weighted by Crippen LogP contribution is 2.24. The number of carboxylic acid groups (broad SMARTS) is 1. The molecular weight excluding hydrogens is 220 g/mol. The van der Waals surface area contributed by atoms with Crippen LogP contribution in [0.1, 0.15) is 20.3 Å². The van der Waals surface area contributed by atoms with Crippen LogP contribution in [0.2, 0.25) is 0 Å². The van der Waals surface area contributed by atoms with E-state index < -0.39 is 5.97 Å². The van der Waals surface area contributed by atoms with Crippen molar-refractivity contribution in [1.29, 1.82) is 0 Å². The molecule has 0 aliphatic heterocycles. The van der Waals surface area contributed by atoms with E-state index >= 15 is 0 Å². The average Bonchev–Trinajstić information content (AvgIpc) is 2.29. The van der Waals surface area contributed by atoms with Crippen molar-refractivity contribution >= 4 is 5.97 Å². The molecule has 0 unspecified atom stereocenters. The number of aliphatic carboxylic acids is 1. The number of para-hydroxylation sites is 2. The van der Waals surface area contributed by atoms with Crippen LogP contribution >= 0.6 is 0 Å². The number of phenols is 1. The van der Waals surface area contributed by atoms with Crippen molar-refractivity contribution in [1.82, 2.24) is 0 Å². The Morgan fingerprint density at radius 2 is 1.94 bits per heavy atom. The number of ether oxygens (including phenoxy) is 1. The number of aromatic hydroxyl groups is 1. The van der Waals surface area contributed by atoms with E-state index in [4.69, 9.17) is 9.84 Å². The minimum Gasteiger partial charge on any atom is -0.504 e. The highest BCUT2D eigenvalue weighted by Gasteiger charge is 1.97. The molecule has 0 aliphatic carbocycles. The Hall–Kier alpha value is -1.97. The summed E-state index contributed by atoms with van der Waals surface area (Å²) in [7, 11) is 0. The van der Waals surface area contributed by atoms with Gasteiger partial charge in [0.15, 0.2) is 11.5 Å². The highest BCUT2D eigenvalue weighted by molar-refractivity contribution is 5.84. The lowest BCUT2D eigenvalue weighted by Crippen LogP contribution is -1.94.